The first-order chi connectivity index (χ1) is 41.2. The summed E-state index contributed by atoms with van der Waals surface area (Å²) in [5.74, 6) is 5.29. The number of rotatable bonds is 5. The number of anilines is 6. The molecule has 11 aromatic rings. The smallest absolute Gasteiger partial charge is 0.252 e. The number of furan rings is 1. The lowest BCUT2D eigenvalue weighted by Crippen LogP contribution is -2.62. The number of hydrogen-bond acceptors (Lipinski definition) is 3. The zero-order valence-electron chi connectivity index (χ0n) is 50.3. The first-order valence-corrected chi connectivity index (χ1v) is 32.8. The third-order valence-electron chi connectivity index (χ3n) is 24.3. The summed E-state index contributed by atoms with van der Waals surface area (Å²) in [5.41, 5.74) is 26.4. The quantitative estimate of drug-likeness (QED) is 0.161. The van der Waals surface area contributed by atoms with Gasteiger partial charge in [-0.25, -0.2) is 0 Å². The molecule has 0 N–H and O–H groups in total. The van der Waals surface area contributed by atoms with Crippen molar-refractivity contribution in [1.82, 2.24) is 4.57 Å². The van der Waals surface area contributed by atoms with E-state index in [1.165, 1.54) is 199 Å². The van der Waals surface area contributed by atoms with Gasteiger partial charge in [0.15, 0.2) is 0 Å². The molecule has 22 rings (SSSR count). The molecule has 9 aromatic carbocycles. The van der Waals surface area contributed by atoms with Gasteiger partial charge in [0, 0.05) is 55.7 Å². The van der Waals surface area contributed by atoms with Gasteiger partial charge in [-0.2, -0.15) is 0 Å². The average molecular weight is 1100 g/mol. The third-order valence-corrected chi connectivity index (χ3v) is 24.3. The van der Waals surface area contributed by atoms with Crippen LogP contribution in [-0.4, -0.2) is 11.3 Å². The summed E-state index contributed by atoms with van der Waals surface area (Å²) in [4.78, 5) is 5.42. The maximum absolute atomic E-state index is 6.84. The fraction of sp³-hybridized carbons (Fsp3) is 0.350. The van der Waals surface area contributed by atoms with E-state index in [0.717, 1.165) is 46.7 Å². The molecular weight excluding hydrogens is 1030 g/mol. The lowest BCUT2D eigenvalue weighted by Gasteiger charge is -2.57. The largest absolute Gasteiger partial charge is 0.456 e. The van der Waals surface area contributed by atoms with Crippen molar-refractivity contribution < 1.29 is 4.42 Å². The van der Waals surface area contributed by atoms with Crippen molar-refractivity contribution in [1.29, 1.82) is 0 Å². The number of fused-ring (bicyclic) bond motifs is 5. The minimum absolute atomic E-state index is 0.0125. The Balaban J connectivity index is 0.894. The number of hydrogen-bond donors (Lipinski definition) is 0. The van der Waals surface area contributed by atoms with Crippen LogP contribution in [0.25, 0.3) is 71.3 Å². The van der Waals surface area contributed by atoms with Crippen molar-refractivity contribution in [3.63, 3.8) is 0 Å². The summed E-state index contributed by atoms with van der Waals surface area (Å²) in [7, 11) is 0. The number of benzene rings is 9. The van der Waals surface area contributed by atoms with Crippen LogP contribution in [0.2, 0.25) is 0 Å². The van der Waals surface area contributed by atoms with Gasteiger partial charge in [0.05, 0.1) is 16.7 Å². The SMILES string of the molecule is CC(C)(C)c1ccc(N2c3ccc(C(C)(C)C)cc3B3c4cc(C56CC7CC(CC(C7)C5)C6)ccc4N(c4ccc(C56CC7CC(CC(C7)C5)C6)cc4)c4cc(-n5c6ccc7cccc8c7c6c6c7c(ccc65)oc5cccc-8c57)cc2c43)cc1. The van der Waals surface area contributed by atoms with Crippen molar-refractivity contribution in [3.8, 4) is 16.8 Å². The summed E-state index contributed by atoms with van der Waals surface area (Å²) >= 11 is 0. The summed E-state index contributed by atoms with van der Waals surface area (Å²) < 4.78 is 9.48. The Labute approximate surface area is 500 Å². The molecule has 8 saturated carbocycles. The Hall–Kier alpha value is -7.50. The molecule has 0 saturated heterocycles. The fourth-order valence-electron chi connectivity index (χ4n) is 21.5. The van der Waals surface area contributed by atoms with E-state index in [1.54, 1.807) is 11.1 Å². The van der Waals surface area contributed by atoms with Crippen molar-refractivity contribution in [2.45, 2.75) is 140 Å². The first-order valence-electron chi connectivity index (χ1n) is 32.8. The standard InChI is InChI=1S/C80H74BN3O/c1-77(2,3)52-14-20-56(21-15-52)82-63-25-18-54(78(4,5)6)35-61(63)81-62-36-55(80-42-48-32-49(43-80)34-50(33-48)44-80)19-26-64(62)83(57-22-16-53(17-23-57)79-39-45-29-46(40-79)31-47(30-45)41-79)68-38-58(37-67(82)76(68)81)84-65-24-13-51-9-7-10-59-60-11-8-12-69-72(60)75-70(85-69)28-27-66(84)74(75)73(65)71(51)59/h7-28,35-38,45-50H,29-34,39-44H2,1-6H3. The zero-order chi connectivity index (χ0) is 56.4. The zero-order valence-corrected chi connectivity index (χ0v) is 50.3. The highest BCUT2D eigenvalue weighted by molar-refractivity contribution is 7.00. The van der Waals surface area contributed by atoms with E-state index in [-0.39, 0.29) is 23.0 Å². The minimum atomic E-state index is -0.0418. The third kappa shape index (κ3) is 6.56. The van der Waals surface area contributed by atoms with Crippen LogP contribution in [0.15, 0.2) is 162 Å². The molecule has 11 aliphatic rings. The molecule has 0 atom stereocenters. The van der Waals surface area contributed by atoms with E-state index < -0.39 is 0 Å². The maximum Gasteiger partial charge on any atom is 0.252 e. The molecule has 9 aliphatic carbocycles. The number of aromatic nitrogens is 1. The predicted octanol–water partition coefficient (Wildman–Crippen LogP) is 19.4. The van der Waals surface area contributed by atoms with Gasteiger partial charge in [0.25, 0.3) is 6.71 Å². The Morgan fingerprint density at radius 2 is 0.882 bits per heavy atom. The van der Waals surface area contributed by atoms with Gasteiger partial charge in [0.2, 0.25) is 0 Å². The lowest BCUT2D eigenvalue weighted by molar-refractivity contribution is -0.00528. The summed E-state index contributed by atoms with van der Waals surface area (Å²) in [5, 5.41) is 7.64. The van der Waals surface area contributed by atoms with E-state index >= 15 is 0 Å². The van der Waals surface area contributed by atoms with Gasteiger partial charge in [0.1, 0.15) is 11.2 Å². The molecule has 8 bridgehead atoms. The Morgan fingerprint density at radius 3 is 1.48 bits per heavy atom. The molecule has 4 heterocycles. The molecule has 2 aromatic heterocycles. The van der Waals surface area contributed by atoms with Crippen LogP contribution in [0.4, 0.5) is 34.1 Å². The van der Waals surface area contributed by atoms with Gasteiger partial charge >= 0.3 is 0 Å². The molecule has 0 radical (unpaired) electrons. The second kappa shape index (κ2) is 16.3. The van der Waals surface area contributed by atoms with E-state index in [2.05, 4.69) is 214 Å². The molecule has 0 unspecified atom stereocenters. The monoisotopic (exact) mass is 1100 g/mol. The molecule has 8 fully saturated rings. The van der Waals surface area contributed by atoms with E-state index in [0.29, 0.717) is 5.41 Å². The second-order valence-electron chi connectivity index (χ2n) is 31.4. The van der Waals surface area contributed by atoms with E-state index in [4.69, 9.17) is 4.42 Å². The number of nitrogens with zero attached hydrogens (tertiary/aromatic N) is 3. The molecule has 0 amide bonds. The van der Waals surface area contributed by atoms with E-state index in [1.807, 2.05) is 0 Å². The molecule has 2 aliphatic heterocycles. The Kier molecular flexibility index (Phi) is 9.35. The summed E-state index contributed by atoms with van der Waals surface area (Å²) in [6.45, 7) is 14.2. The molecular formula is C80H74BN3O. The predicted molar refractivity (Wildman–Crippen MR) is 356 cm³/mol. The molecule has 5 heteroatoms. The van der Waals surface area contributed by atoms with Gasteiger partial charge in [-0.05, 0) is 268 Å². The highest BCUT2D eigenvalue weighted by Crippen LogP contribution is 2.63. The van der Waals surface area contributed by atoms with E-state index in [9.17, 15) is 0 Å². The highest BCUT2D eigenvalue weighted by atomic mass is 16.3. The van der Waals surface area contributed by atoms with Crippen molar-refractivity contribution >= 4 is 112 Å². The van der Waals surface area contributed by atoms with Crippen LogP contribution >= 0.6 is 0 Å². The van der Waals surface area contributed by atoms with Crippen LogP contribution in [0.1, 0.15) is 141 Å². The topological polar surface area (TPSA) is 24.6 Å². The minimum Gasteiger partial charge on any atom is -0.456 e. The fourth-order valence-corrected chi connectivity index (χ4v) is 21.5. The van der Waals surface area contributed by atoms with Gasteiger partial charge in [-0.3, -0.25) is 0 Å². The van der Waals surface area contributed by atoms with Crippen molar-refractivity contribution in [3.05, 3.63) is 180 Å². The van der Waals surface area contributed by atoms with Crippen molar-refractivity contribution in [2.75, 3.05) is 9.80 Å². The molecule has 85 heavy (non-hydrogen) atoms. The summed E-state index contributed by atoms with van der Waals surface area (Å²) in [6, 6.07) is 63.8. The highest BCUT2D eigenvalue weighted by Gasteiger charge is 2.54. The van der Waals surface area contributed by atoms with Gasteiger partial charge < -0.3 is 18.8 Å². The van der Waals surface area contributed by atoms with Crippen LogP contribution in [0, 0.1) is 35.5 Å². The van der Waals surface area contributed by atoms with Gasteiger partial charge in [-0.1, -0.05) is 126 Å². The first kappa shape index (κ1) is 48.7. The normalized spacial score (nSPS) is 26.4. The van der Waals surface area contributed by atoms with Crippen LogP contribution in [-0.2, 0) is 21.7 Å². The summed E-state index contributed by atoms with van der Waals surface area (Å²) in [6.07, 6.45) is 16.9. The lowest BCUT2D eigenvalue weighted by atomic mass is 9.33. The molecule has 418 valence electrons. The Morgan fingerprint density at radius 1 is 0.400 bits per heavy atom. The maximum atomic E-state index is 6.84. The van der Waals surface area contributed by atoms with Crippen LogP contribution in [0.5, 0.6) is 0 Å². The average Bonchev–Trinajstić information content (AvgIpc) is 1.81. The van der Waals surface area contributed by atoms with Crippen molar-refractivity contribution in [2.24, 2.45) is 35.5 Å². The van der Waals surface area contributed by atoms with Crippen LogP contribution in [0.3, 0.4) is 0 Å². The van der Waals surface area contributed by atoms with Crippen LogP contribution < -0.4 is 26.2 Å². The Bertz CT molecular complexity index is 4700. The van der Waals surface area contributed by atoms with Gasteiger partial charge in [-0.15, -0.1) is 0 Å². The molecule has 0 spiro atoms. The second-order valence-corrected chi connectivity index (χ2v) is 31.4. The molecule has 4 nitrogen and oxygen atoms in total.